The molecule has 1 aliphatic carbocycles. The molecule has 0 aromatic carbocycles. The molecule has 88 valence electrons. The van der Waals surface area contributed by atoms with Crippen molar-refractivity contribution in [3.05, 3.63) is 5.01 Å². The van der Waals surface area contributed by atoms with Gasteiger partial charge >= 0.3 is 0 Å². The maximum atomic E-state index is 11.7. The van der Waals surface area contributed by atoms with Gasteiger partial charge in [0.05, 0.1) is 0 Å². The molecule has 0 saturated heterocycles. The van der Waals surface area contributed by atoms with Crippen LogP contribution < -0.4 is 11.1 Å². The third kappa shape index (κ3) is 2.49. The van der Waals surface area contributed by atoms with Gasteiger partial charge in [-0.1, -0.05) is 31.1 Å². The summed E-state index contributed by atoms with van der Waals surface area (Å²) in [7, 11) is 0. The lowest BCUT2D eigenvalue weighted by Gasteiger charge is -2.23. The minimum absolute atomic E-state index is 0.165. The molecule has 5 nitrogen and oxygen atoms in total. The van der Waals surface area contributed by atoms with E-state index in [9.17, 15) is 4.79 Å². The van der Waals surface area contributed by atoms with Crippen LogP contribution in [0.4, 0.5) is 5.13 Å². The largest absolute Gasteiger partial charge is 0.374 e. The minimum Gasteiger partial charge on any atom is -0.374 e. The second-order valence-corrected chi connectivity index (χ2v) is 5.65. The van der Waals surface area contributed by atoms with E-state index in [-0.39, 0.29) is 11.3 Å². The summed E-state index contributed by atoms with van der Waals surface area (Å²) >= 11 is 1.12. The smallest absolute Gasteiger partial charge is 0.282 e. The molecule has 0 radical (unpaired) electrons. The molecule has 6 heteroatoms. The van der Waals surface area contributed by atoms with Crippen LogP contribution in [0.5, 0.6) is 0 Å². The molecule has 0 atom stereocenters. The van der Waals surface area contributed by atoms with Crippen LogP contribution in [0.2, 0.25) is 0 Å². The summed E-state index contributed by atoms with van der Waals surface area (Å²) in [6, 6.07) is 0. The van der Waals surface area contributed by atoms with Crippen molar-refractivity contribution in [2.75, 3.05) is 12.3 Å². The van der Waals surface area contributed by atoms with Gasteiger partial charge < -0.3 is 11.1 Å². The number of carbonyl (C=O) groups is 1. The van der Waals surface area contributed by atoms with E-state index in [0.717, 1.165) is 11.3 Å². The third-order valence-electron chi connectivity index (χ3n) is 3.12. The van der Waals surface area contributed by atoms with Crippen molar-refractivity contribution >= 4 is 22.4 Å². The number of amides is 1. The number of rotatable bonds is 3. The molecular formula is C10H16N4OS. The van der Waals surface area contributed by atoms with Crippen molar-refractivity contribution in [2.45, 2.75) is 32.6 Å². The first-order chi connectivity index (χ1) is 7.59. The Morgan fingerprint density at radius 1 is 1.50 bits per heavy atom. The third-order valence-corrected chi connectivity index (χ3v) is 3.87. The van der Waals surface area contributed by atoms with Crippen LogP contribution in [0.25, 0.3) is 0 Å². The lowest BCUT2D eigenvalue weighted by atomic mass is 9.89. The molecule has 0 spiro atoms. The first-order valence-electron chi connectivity index (χ1n) is 5.46. The van der Waals surface area contributed by atoms with Gasteiger partial charge in [0.2, 0.25) is 10.1 Å². The monoisotopic (exact) mass is 240 g/mol. The number of hydrogen-bond acceptors (Lipinski definition) is 5. The molecule has 1 amide bonds. The summed E-state index contributed by atoms with van der Waals surface area (Å²) < 4.78 is 0. The fourth-order valence-corrected chi connectivity index (χ4v) is 2.63. The van der Waals surface area contributed by atoms with Gasteiger partial charge in [-0.25, -0.2) is 0 Å². The van der Waals surface area contributed by atoms with Crippen molar-refractivity contribution in [3.63, 3.8) is 0 Å². The highest BCUT2D eigenvalue weighted by Gasteiger charge is 2.29. The number of nitrogens with zero attached hydrogens (tertiary/aromatic N) is 2. The van der Waals surface area contributed by atoms with Gasteiger partial charge in [0.1, 0.15) is 0 Å². The lowest BCUT2D eigenvalue weighted by molar-refractivity contribution is 0.0933. The number of nitrogens with one attached hydrogen (secondary N) is 1. The van der Waals surface area contributed by atoms with Gasteiger partial charge in [-0.2, -0.15) is 0 Å². The van der Waals surface area contributed by atoms with Gasteiger partial charge in [-0.15, -0.1) is 10.2 Å². The number of carbonyl (C=O) groups excluding carboxylic acids is 1. The van der Waals surface area contributed by atoms with Crippen molar-refractivity contribution in [1.29, 1.82) is 0 Å². The van der Waals surface area contributed by atoms with Gasteiger partial charge in [-0.05, 0) is 18.3 Å². The summed E-state index contributed by atoms with van der Waals surface area (Å²) in [6.45, 7) is 2.93. The zero-order valence-electron chi connectivity index (χ0n) is 9.32. The Morgan fingerprint density at radius 3 is 2.75 bits per heavy atom. The molecule has 0 unspecified atom stereocenters. The van der Waals surface area contributed by atoms with Crippen LogP contribution in [-0.4, -0.2) is 22.6 Å². The predicted molar refractivity (Wildman–Crippen MR) is 63.2 cm³/mol. The molecule has 16 heavy (non-hydrogen) atoms. The maximum Gasteiger partial charge on any atom is 0.282 e. The van der Waals surface area contributed by atoms with Crippen LogP contribution in [0, 0.1) is 5.41 Å². The van der Waals surface area contributed by atoms with Gasteiger partial charge in [0.15, 0.2) is 0 Å². The molecule has 1 aliphatic rings. The van der Waals surface area contributed by atoms with E-state index in [2.05, 4.69) is 22.4 Å². The summed E-state index contributed by atoms with van der Waals surface area (Å²) in [5.41, 5.74) is 5.68. The number of aromatic nitrogens is 2. The average Bonchev–Trinajstić information content (AvgIpc) is 2.85. The Morgan fingerprint density at radius 2 is 2.19 bits per heavy atom. The van der Waals surface area contributed by atoms with E-state index in [1.54, 1.807) is 0 Å². The van der Waals surface area contributed by atoms with Crippen LogP contribution in [0.15, 0.2) is 0 Å². The van der Waals surface area contributed by atoms with Crippen molar-refractivity contribution in [1.82, 2.24) is 15.5 Å². The van der Waals surface area contributed by atoms with E-state index in [4.69, 9.17) is 5.73 Å². The fourth-order valence-electron chi connectivity index (χ4n) is 2.10. The number of hydrogen-bond donors (Lipinski definition) is 2. The second-order valence-electron chi connectivity index (χ2n) is 4.65. The standard InChI is InChI=1S/C10H16N4OS/c1-10(4-2-3-5-10)6-12-7(15)8-13-14-9(11)16-8/h2-6H2,1H3,(H2,11,14)(H,12,15). The summed E-state index contributed by atoms with van der Waals surface area (Å²) in [5, 5.41) is 10.9. The molecular weight excluding hydrogens is 224 g/mol. The minimum atomic E-state index is -0.165. The topological polar surface area (TPSA) is 80.9 Å². The highest BCUT2D eigenvalue weighted by Crippen LogP contribution is 2.36. The Kier molecular flexibility index (Phi) is 3.09. The van der Waals surface area contributed by atoms with Crippen LogP contribution in [-0.2, 0) is 0 Å². The Bertz CT molecular complexity index is 384. The second kappa shape index (κ2) is 4.37. The lowest BCUT2D eigenvalue weighted by Crippen LogP contribution is -2.34. The molecule has 1 heterocycles. The highest BCUT2D eigenvalue weighted by atomic mass is 32.1. The Balaban J connectivity index is 1.88. The van der Waals surface area contributed by atoms with E-state index in [1.165, 1.54) is 25.7 Å². The van der Waals surface area contributed by atoms with Gasteiger partial charge in [-0.3, -0.25) is 4.79 Å². The molecule has 1 aromatic heterocycles. The molecule has 1 saturated carbocycles. The van der Waals surface area contributed by atoms with Crippen molar-refractivity contribution in [2.24, 2.45) is 5.41 Å². The number of anilines is 1. The molecule has 3 N–H and O–H groups in total. The van der Waals surface area contributed by atoms with E-state index >= 15 is 0 Å². The Labute approximate surface area is 98.4 Å². The number of nitrogen functional groups attached to an aromatic ring is 1. The average molecular weight is 240 g/mol. The van der Waals surface area contributed by atoms with E-state index in [0.29, 0.717) is 16.7 Å². The maximum absolute atomic E-state index is 11.7. The van der Waals surface area contributed by atoms with Crippen LogP contribution >= 0.6 is 11.3 Å². The molecule has 1 aromatic rings. The molecule has 0 bridgehead atoms. The van der Waals surface area contributed by atoms with Crippen molar-refractivity contribution in [3.8, 4) is 0 Å². The highest BCUT2D eigenvalue weighted by molar-refractivity contribution is 7.16. The molecule has 0 aliphatic heterocycles. The van der Waals surface area contributed by atoms with E-state index < -0.39 is 0 Å². The zero-order valence-corrected chi connectivity index (χ0v) is 10.1. The van der Waals surface area contributed by atoms with E-state index in [1.807, 2.05) is 0 Å². The zero-order chi connectivity index (χ0) is 11.6. The van der Waals surface area contributed by atoms with Gasteiger partial charge in [0, 0.05) is 6.54 Å². The fraction of sp³-hybridized carbons (Fsp3) is 0.700. The normalized spacial score (nSPS) is 18.6. The SMILES string of the molecule is CC1(CNC(=O)c2nnc(N)s2)CCCC1. The Hall–Kier alpha value is -1.17. The van der Waals surface area contributed by atoms with Gasteiger partial charge in [0.25, 0.3) is 5.91 Å². The molecule has 2 rings (SSSR count). The van der Waals surface area contributed by atoms with Crippen LogP contribution in [0.1, 0.15) is 42.4 Å². The summed E-state index contributed by atoms with van der Waals surface area (Å²) in [6.07, 6.45) is 4.90. The predicted octanol–water partition coefficient (Wildman–Crippen LogP) is 1.43. The summed E-state index contributed by atoms with van der Waals surface area (Å²) in [5.74, 6) is -0.165. The van der Waals surface area contributed by atoms with Crippen LogP contribution in [0.3, 0.4) is 0 Å². The first-order valence-corrected chi connectivity index (χ1v) is 6.28. The summed E-state index contributed by atoms with van der Waals surface area (Å²) in [4.78, 5) is 11.7. The molecule has 1 fully saturated rings. The quantitative estimate of drug-likeness (QED) is 0.837. The van der Waals surface area contributed by atoms with Crippen molar-refractivity contribution < 1.29 is 4.79 Å². The number of nitrogens with two attached hydrogens (primary N) is 1. The first kappa shape index (κ1) is 11.3.